The largest absolute Gasteiger partial charge is 0.437 e. The molecular formula is C16H20ClN3O. The minimum absolute atomic E-state index is 0.487. The van der Waals surface area contributed by atoms with Gasteiger partial charge < -0.3 is 10.1 Å². The van der Waals surface area contributed by atoms with Crippen LogP contribution < -0.4 is 10.1 Å². The van der Waals surface area contributed by atoms with Gasteiger partial charge in [-0.3, -0.25) is 4.98 Å². The Morgan fingerprint density at radius 3 is 2.81 bits per heavy atom. The second-order valence-corrected chi connectivity index (χ2v) is 5.79. The first kappa shape index (κ1) is 15.7. The van der Waals surface area contributed by atoms with Gasteiger partial charge in [0.25, 0.3) is 0 Å². The van der Waals surface area contributed by atoms with E-state index in [1.54, 1.807) is 12.4 Å². The predicted molar refractivity (Wildman–Crippen MR) is 84.8 cm³/mol. The van der Waals surface area contributed by atoms with Crippen LogP contribution in [0.3, 0.4) is 0 Å². The number of nitrogens with zero attached hydrogens (tertiary/aromatic N) is 2. The fourth-order valence-electron chi connectivity index (χ4n) is 1.81. The fourth-order valence-corrected chi connectivity index (χ4v) is 1.93. The van der Waals surface area contributed by atoms with E-state index >= 15 is 0 Å². The van der Waals surface area contributed by atoms with Crippen molar-refractivity contribution in [3.63, 3.8) is 0 Å². The molecule has 1 aromatic carbocycles. The average molecular weight is 306 g/mol. The Morgan fingerprint density at radius 1 is 1.29 bits per heavy atom. The van der Waals surface area contributed by atoms with Crippen molar-refractivity contribution in [3.8, 4) is 11.6 Å². The molecule has 2 rings (SSSR count). The Bertz CT molecular complexity index is 602. The predicted octanol–water partition coefficient (Wildman–Crippen LogP) is 3.98. The third-order valence-electron chi connectivity index (χ3n) is 2.87. The smallest absolute Gasteiger partial charge is 0.238 e. The van der Waals surface area contributed by atoms with Gasteiger partial charge in [0.05, 0.1) is 11.9 Å². The summed E-state index contributed by atoms with van der Waals surface area (Å²) in [5, 5.41) is 4.06. The molecule has 2 aromatic rings. The Hall–Kier alpha value is -1.65. The summed E-state index contributed by atoms with van der Waals surface area (Å²) >= 11 is 6.00. The van der Waals surface area contributed by atoms with Crippen molar-refractivity contribution in [2.24, 2.45) is 5.92 Å². The Labute approximate surface area is 130 Å². The van der Waals surface area contributed by atoms with Crippen LogP contribution in [0.25, 0.3) is 0 Å². The number of hydrogen-bond donors (Lipinski definition) is 1. The zero-order chi connectivity index (χ0) is 15.2. The third kappa shape index (κ3) is 4.99. The Morgan fingerprint density at radius 2 is 2.10 bits per heavy atom. The first-order valence-corrected chi connectivity index (χ1v) is 7.38. The first-order chi connectivity index (χ1) is 10.0. The van der Waals surface area contributed by atoms with Gasteiger partial charge in [-0.25, -0.2) is 4.98 Å². The highest BCUT2D eigenvalue weighted by atomic mass is 35.5. The van der Waals surface area contributed by atoms with Gasteiger partial charge in [0, 0.05) is 17.8 Å². The van der Waals surface area contributed by atoms with Gasteiger partial charge in [-0.1, -0.05) is 25.4 Å². The molecule has 0 spiro atoms. The molecule has 1 heterocycles. The van der Waals surface area contributed by atoms with E-state index in [0.29, 0.717) is 24.1 Å². The van der Waals surface area contributed by atoms with Crippen LogP contribution in [0.4, 0.5) is 0 Å². The lowest BCUT2D eigenvalue weighted by atomic mass is 10.2. The summed E-state index contributed by atoms with van der Waals surface area (Å²) in [5.74, 6) is 1.80. The van der Waals surface area contributed by atoms with Crippen molar-refractivity contribution < 1.29 is 4.74 Å². The Balaban J connectivity index is 2.01. The van der Waals surface area contributed by atoms with E-state index in [9.17, 15) is 0 Å². The van der Waals surface area contributed by atoms with Crippen LogP contribution in [0.15, 0.2) is 30.6 Å². The van der Waals surface area contributed by atoms with Crippen molar-refractivity contribution in [2.75, 3.05) is 6.54 Å². The second-order valence-electron chi connectivity index (χ2n) is 5.39. The fraction of sp³-hybridized carbons (Fsp3) is 0.375. The molecule has 1 N–H and O–H groups in total. The molecule has 0 fully saturated rings. The van der Waals surface area contributed by atoms with E-state index in [0.717, 1.165) is 22.8 Å². The van der Waals surface area contributed by atoms with Crippen molar-refractivity contribution in [2.45, 2.75) is 27.3 Å². The molecule has 0 aliphatic carbocycles. The van der Waals surface area contributed by atoms with Crippen LogP contribution in [-0.2, 0) is 6.54 Å². The molecule has 4 nitrogen and oxygen atoms in total. The van der Waals surface area contributed by atoms with E-state index in [1.807, 2.05) is 25.1 Å². The summed E-state index contributed by atoms with van der Waals surface area (Å²) in [6.45, 7) is 7.90. The van der Waals surface area contributed by atoms with Gasteiger partial charge >= 0.3 is 0 Å². The number of rotatable bonds is 6. The molecule has 0 atom stereocenters. The maximum Gasteiger partial charge on any atom is 0.238 e. The molecule has 0 radical (unpaired) electrons. The van der Waals surface area contributed by atoms with E-state index in [1.165, 1.54) is 0 Å². The maximum absolute atomic E-state index is 6.00. The molecule has 0 saturated carbocycles. The number of hydrogen-bond acceptors (Lipinski definition) is 4. The summed E-state index contributed by atoms with van der Waals surface area (Å²) in [4.78, 5) is 8.60. The SMILES string of the molecule is Cc1cc(Oc2cncc(CNCC(C)C)n2)ccc1Cl. The monoisotopic (exact) mass is 305 g/mol. The summed E-state index contributed by atoms with van der Waals surface area (Å²) in [6, 6.07) is 5.52. The van der Waals surface area contributed by atoms with Gasteiger partial charge in [0.2, 0.25) is 5.88 Å². The van der Waals surface area contributed by atoms with Crippen LogP contribution >= 0.6 is 11.6 Å². The van der Waals surface area contributed by atoms with E-state index < -0.39 is 0 Å². The van der Waals surface area contributed by atoms with Crippen LogP contribution in [0.2, 0.25) is 5.02 Å². The number of aromatic nitrogens is 2. The summed E-state index contributed by atoms with van der Waals surface area (Å²) < 4.78 is 5.72. The summed E-state index contributed by atoms with van der Waals surface area (Å²) in [6.07, 6.45) is 3.35. The number of ether oxygens (including phenoxy) is 1. The number of halogens is 1. The molecule has 21 heavy (non-hydrogen) atoms. The van der Waals surface area contributed by atoms with Crippen molar-refractivity contribution in [1.29, 1.82) is 0 Å². The van der Waals surface area contributed by atoms with E-state index in [4.69, 9.17) is 16.3 Å². The van der Waals surface area contributed by atoms with Crippen LogP contribution in [0, 0.1) is 12.8 Å². The molecule has 0 saturated heterocycles. The van der Waals surface area contributed by atoms with E-state index in [2.05, 4.69) is 29.1 Å². The van der Waals surface area contributed by atoms with Crippen molar-refractivity contribution in [3.05, 3.63) is 46.9 Å². The zero-order valence-electron chi connectivity index (χ0n) is 12.6. The van der Waals surface area contributed by atoms with Gasteiger partial charge in [-0.05, 0) is 43.1 Å². The Kier molecular flexibility index (Phi) is 5.53. The number of benzene rings is 1. The number of nitrogens with one attached hydrogen (secondary N) is 1. The number of aryl methyl sites for hydroxylation is 1. The lowest BCUT2D eigenvalue weighted by Gasteiger charge is -2.09. The highest BCUT2D eigenvalue weighted by Crippen LogP contribution is 2.24. The maximum atomic E-state index is 6.00. The van der Waals surface area contributed by atoms with Gasteiger partial charge in [-0.15, -0.1) is 0 Å². The molecule has 1 aromatic heterocycles. The quantitative estimate of drug-likeness (QED) is 0.877. The minimum atomic E-state index is 0.487. The molecule has 0 bridgehead atoms. The van der Waals surface area contributed by atoms with Crippen LogP contribution in [-0.4, -0.2) is 16.5 Å². The van der Waals surface area contributed by atoms with Crippen LogP contribution in [0.1, 0.15) is 25.1 Å². The molecule has 112 valence electrons. The van der Waals surface area contributed by atoms with Gasteiger partial charge in [0.1, 0.15) is 5.75 Å². The standard InChI is InChI=1S/C16H20ClN3O/c1-11(2)7-18-8-13-9-19-10-16(20-13)21-14-4-5-15(17)12(3)6-14/h4-6,9-11,18H,7-8H2,1-3H3. The molecule has 0 unspecified atom stereocenters. The van der Waals surface area contributed by atoms with Crippen LogP contribution in [0.5, 0.6) is 11.6 Å². The normalized spacial score (nSPS) is 10.9. The van der Waals surface area contributed by atoms with E-state index in [-0.39, 0.29) is 0 Å². The van der Waals surface area contributed by atoms with Gasteiger partial charge in [-0.2, -0.15) is 0 Å². The lowest BCUT2D eigenvalue weighted by Crippen LogP contribution is -2.19. The lowest BCUT2D eigenvalue weighted by molar-refractivity contribution is 0.454. The summed E-state index contributed by atoms with van der Waals surface area (Å²) in [7, 11) is 0. The third-order valence-corrected chi connectivity index (χ3v) is 3.30. The molecule has 0 aliphatic heterocycles. The molecule has 0 aliphatic rings. The summed E-state index contributed by atoms with van der Waals surface area (Å²) in [5.41, 5.74) is 1.83. The van der Waals surface area contributed by atoms with Crippen molar-refractivity contribution in [1.82, 2.24) is 15.3 Å². The van der Waals surface area contributed by atoms with Crippen molar-refractivity contribution >= 4 is 11.6 Å². The second kappa shape index (κ2) is 7.38. The minimum Gasteiger partial charge on any atom is -0.437 e. The van der Waals surface area contributed by atoms with Gasteiger partial charge in [0.15, 0.2) is 0 Å². The first-order valence-electron chi connectivity index (χ1n) is 7.00. The average Bonchev–Trinajstić information content (AvgIpc) is 2.43. The molecule has 5 heteroatoms. The highest BCUT2D eigenvalue weighted by Gasteiger charge is 2.04. The topological polar surface area (TPSA) is 47.0 Å². The highest BCUT2D eigenvalue weighted by molar-refractivity contribution is 6.31. The molecule has 0 amide bonds. The molecular weight excluding hydrogens is 286 g/mol. The zero-order valence-corrected chi connectivity index (χ0v) is 13.3.